The second-order valence-electron chi connectivity index (χ2n) is 7.33. The maximum Gasteiger partial charge on any atom is 0.251 e. The van der Waals surface area contributed by atoms with Crippen LogP contribution < -0.4 is 5.32 Å². The van der Waals surface area contributed by atoms with Crippen LogP contribution in [0.25, 0.3) is 0 Å². The molecule has 0 aromatic carbocycles. The monoisotopic (exact) mass is 365 g/mol. The number of aliphatic imine (C=N–C) groups is 1. The second kappa shape index (κ2) is 7.10. The molecule has 0 radical (unpaired) electrons. The maximum atomic E-state index is 12.4. The Morgan fingerprint density at radius 1 is 1.33 bits per heavy atom. The third-order valence-electron chi connectivity index (χ3n) is 5.54. The van der Waals surface area contributed by atoms with E-state index in [1.807, 2.05) is 26.0 Å². The summed E-state index contributed by atoms with van der Waals surface area (Å²) < 4.78 is 5.13. The first-order valence-electron chi connectivity index (χ1n) is 9.49. The molecule has 6 heteroatoms. The largest absolute Gasteiger partial charge is 0.361 e. The Hall–Kier alpha value is -2.76. The van der Waals surface area contributed by atoms with Gasteiger partial charge in [0, 0.05) is 29.2 Å². The van der Waals surface area contributed by atoms with Crippen molar-refractivity contribution in [1.82, 2.24) is 10.5 Å². The molecule has 1 aromatic heterocycles. The summed E-state index contributed by atoms with van der Waals surface area (Å²) in [6.07, 6.45) is 10.7. The number of nitrogens with one attached hydrogen (secondary N) is 1. The first-order valence-corrected chi connectivity index (χ1v) is 9.49. The Bertz CT molecular complexity index is 911. The van der Waals surface area contributed by atoms with E-state index >= 15 is 0 Å². The maximum absolute atomic E-state index is 12.4. The number of hydrogen-bond acceptors (Lipinski definition) is 4. The lowest BCUT2D eigenvalue weighted by Crippen LogP contribution is -2.37. The summed E-state index contributed by atoms with van der Waals surface area (Å²) in [5, 5.41) is 6.90. The van der Waals surface area contributed by atoms with Crippen molar-refractivity contribution < 1.29 is 14.1 Å². The van der Waals surface area contributed by atoms with Crippen LogP contribution in [0, 0.1) is 19.8 Å². The van der Waals surface area contributed by atoms with E-state index in [1.54, 1.807) is 0 Å². The fourth-order valence-corrected chi connectivity index (χ4v) is 4.11. The van der Waals surface area contributed by atoms with Gasteiger partial charge in [-0.15, -0.1) is 0 Å². The molecule has 140 valence electrons. The summed E-state index contributed by atoms with van der Waals surface area (Å²) in [6, 6.07) is 0. The van der Waals surface area contributed by atoms with Crippen molar-refractivity contribution >= 4 is 17.5 Å². The molecule has 3 aliphatic rings. The van der Waals surface area contributed by atoms with Crippen LogP contribution in [0.5, 0.6) is 0 Å². The lowest BCUT2D eigenvalue weighted by molar-refractivity contribution is -0.118. The van der Waals surface area contributed by atoms with E-state index in [-0.39, 0.29) is 17.7 Å². The number of carbonyl (C=O) groups is 2. The molecule has 1 N–H and O–H groups in total. The molecule has 0 spiro atoms. The molecule has 0 saturated heterocycles. The van der Waals surface area contributed by atoms with Gasteiger partial charge in [-0.2, -0.15) is 0 Å². The molecular weight excluding hydrogens is 342 g/mol. The zero-order valence-corrected chi connectivity index (χ0v) is 15.7. The number of carbonyl (C=O) groups excluding carboxylic acids is 2. The van der Waals surface area contributed by atoms with Crippen LogP contribution in [0.2, 0.25) is 0 Å². The molecular formula is C21H23N3O3. The number of allylic oxidation sites excluding steroid dienone is 3. The number of nitrogens with zero attached hydrogens (tertiary/aromatic N) is 2. The van der Waals surface area contributed by atoms with Gasteiger partial charge >= 0.3 is 0 Å². The summed E-state index contributed by atoms with van der Waals surface area (Å²) in [5.41, 5.74) is 5.39. The van der Waals surface area contributed by atoms with Crippen molar-refractivity contribution in [2.45, 2.75) is 52.4 Å². The summed E-state index contributed by atoms with van der Waals surface area (Å²) in [4.78, 5) is 28.8. The van der Waals surface area contributed by atoms with Crippen LogP contribution in [-0.4, -0.2) is 22.7 Å². The zero-order chi connectivity index (χ0) is 19.0. The fraction of sp³-hybridized carbons (Fsp3) is 0.429. The van der Waals surface area contributed by atoms with Crippen molar-refractivity contribution in [3.8, 4) is 0 Å². The number of hydrogen-bond donors (Lipinski definition) is 1. The second-order valence-corrected chi connectivity index (χ2v) is 7.33. The molecule has 27 heavy (non-hydrogen) atoms. The molecule has 2 aliphatic carbocycles. The molecule has 0 saturated carbocycles. The van der Waals surface area contributed by atoms with Gasteiger partial charge in [0.15, 0.2) is 0 Å². The van der Waals surface area contributed by atoms with E-state index in [4.69, 9.17) is 4.52 Å². The van der Waals surface area contributed by atoms with Gasteiger partial charge in [-0.25, -0.2) is 4.99 Å². The molecule has 6 nitrogen and oxygen atoms in total. The average molecular weight is 365 g/mol. The average Bonchev–Trinajstić information content (AvgIpc) is 2.98. The lowest BCUT2D eigenvalue weighted by Gasteiger charge is -2.33. The van der Waals surface area contributed by atoms with Crippen LogP contribution >= 0.6 is 0 Å². The minimum Gasteiger partial charge on any atom is -0.361 e. The Balaban J connectivity index is 1.48. The van der Waals surface area contributed by atoms with Crippen molar-refractivity contribution in [3.63, 3.8) is 0 Å². The van der Waals surface area contributed by atoms with Gasteiger partial charge in [-0.3, -0.25) is 9.59 Å². The first kappa shape index (κ1) is 17.6. The number of aryl methyl sites for hydroxylation is 2. The molecule has 1 unspecified atom stereocenters. The first-order chi connectivity index (χ1) is 13.0. The van der Waals surface area contributed by atoms with Crippen LogP contribution in [0.15, 0.2) is 44.6 Å². The third kappa shape index (κ3) is 3.44. The van der Waals surface area contributed by atoms with Crippen LogP contribution in [0.1, 0.15) is 49.1 Å². The number of fused-ring (bicyclic) bond motifs is 2. The minimum absolute atomic E-state index is 0.00610. The molecule has 0 bridgehead atoms. The van der Waals surface area contributed by atoms with Crippen LogP contribution in [0.3, 0.4) is 0 Å². The van der Waals surface area contributed by atoms with Crippen molar-refractivity contribution in [2.24, 2.45) is 10.9 Å². The molecule has 2 heterocycles. The van der Waals surface area contributed by atoms with E-state index < -0.39 is 0 Å². The Kier molecular flexibility index (Phi) is 4.64. The van der Waals surface area contributed by atoms with Gasteiger partial charge in [0.2, 0.25) is 5.91 Å². The van der Waals surface area contributed by atoms with E-state index in [0.717, 1.165) is 54.0 Å². The minimum atomic E-state index is -0.190. The van der Waals surface area contributed by atoms with E-state index in [9.17, 15) is 9.59 Å². The van der Waals surface area contributed by atoms with Gasteiger partial charge in [0.25, 0.3) is 5.91 Å². The smallest absolute Gasteiger partial charge is 0.251 e. The summed E-state index contributed by atoms with van der Waals surface area (Å²) >= 11 is 0. The van der Waals surface area contributed by atoms with Crippen LogP contribution in [0.4, 0.5) is 0 Å². The summed E-state index contributed by atoms with van der Waals surface area (Å²) in [7, 11) is 0. The quantitative estimate of drug-likeness (QED) is 0.891. The predicted octanol–water partition coefficient (Wildman–Crippen LogP) is 3.26. The van der Waals surface area contributed by atoms with Crippen LogP contribution in [-0.2, 0) is 16.0 Å². The Labute approximate surface area is 158 Å². The molecule has 0 fully saturated rings. The SMILES string of the molecule is Cc1noc(C)c1CCC(=O)N=C1C=CC2C(=C1)NC(=O)C1=C2CCCC1. The van der Waals surface area contributed by atoms with Gasteiger partial charge in [-0.1, -0.05) is 11.2 Å². The number of amides is 2. The summed E-state index contributed by atoms with van der Waals surface area (Å²) in [5.74, 6) is 0.683. The molecule has 1 atom stereocenters. The van der Waals surface area contributed by atoms with E-state index in [0.29, 0.717) is 18.6 Å². The highest BCUT2D eigenvalue weighted by Crippen LogP contribution is 2.38. The van der Waals surface area contributed by atoms with Gasteiger partial charge < -0.3 is 9.84 Å². The molecule has 4 rings (SSSR count). The zero-order valence-electron chi connectivity index (χ0n) is 15.7. The topological polar surface area (TPSA) is 84.6 Å². The van der Waals surface area contributed by atoms with E-state index in [1.165, 1.54) is 5.57 Å². The Morgan fingerprint density at radius 2 is 2.15 bits per heavy atom. The van der Waals surface area contributed by atoms with Crippen molar-refractivity contribution in [1.29, 1.82) is 0 Å². The van der Waals surface area contributed by atoms with Gasteiger partial charge in [0.05, 0.1) is 11.4 Å². The molecule has 2 amide bonds. The normalized spacial score (nSPS) is 23.0. The highest BCUT2D eigenvalue weighted by atomic mass is 16.5. The predicted molar refractivity (Wildman–Crippen MR) is 101 cm³/mol. The van der Waals surface area contributed by atoms with E-state index in [2.05, 4.69) is 21.5 Å². The molecule has 1 aliphatic heterocycles. The summed E-state index contributed by atoms with van der Waals surface area (Å²) in [6.45, 7) is 3.72. The highest BCUT2D eigenvalue weighted by molar-refractivity contribution is 6.11. The van der Waals surface area contributed by atoms with Crippen molar-refractivity contribution in [3.05, 3.63) is 52.1 Å². The molecule has 1 aromatic rings. The van der Waals surface area contributed by atoms with Gasteiger partial charge in [-0.05, 0) is 63.7 Å². The standard InChI is InChI=1S/C21H23N3O3/c1-12-15(13(2)27-24-12)9-10-20(25)22-14-7-8-17-16-5-3-4-6-18(16)21(26)23-19(17)11-14/h7-8,11,17H,3-6,9-10H2,1-2H3,(H,23,26). The number of rotatable bonds is 3. The highest BCUT2D eigenvalue weighted by Gasteiger charge is 2.33. The van der Waals surface area contributed by atoms with Crippen molar-refractivity contribution in [2.75, 3.05) is 0 Å². The number of aromatic nitrogens is 1. The van der Waals surface area contributed by atoms with Gasteiger partial charge in [0.1, 0.15) is 5.76 Å². The third-order valence-corrected chi connectivity index (χ3v) is 5.54. The lowest BCUT2D eigenvalue weighted by atomic mass is 9.77. The Morgan fingerprint density at radius 3 is 2.93 bits per heavy atom. The fourth-order valence-electron chi connectivity index (χ4n) is 4.11.